The van der Waals surface area contributed by atoms with Crippen LogP contribution in [0.5, 0.6) is 5.88 Å². The van der Waals surface area contributed by atoms with Gasteiger partial charge in [-0.1, -0.05) is 12.8 Å². The van der Waals surface area contributed by atoms with E-state index in [-0.39, 0.29) is 22.2 Å². The van der Waals surface area contributed by atoms with Crippen molar-refractivity contribution in [1.82, 2.24) is 14.2 Å². The summed E-state index contributed by atoms with van der Waals surface area (Å²) < 4.78 is 97.8. The molecule has 10 nitrogen and oxygen atoms in total. The molecule has 0 unspecified atom stereocenters. The lowest BCUT2D eigenvalue weighted by molar-refractivity contribution is -0.193. The van der Waals surface area contributed by atoms with Crippen LogP contribution in [-0.2, 0) is 19.6 Å². The Labute approximate surface area is 233 Å². The number of hydrogen-bond acceptors (Lipinski definition) is 7. The number of carbonyl (C=O) groups is 2. The molecule has 3 heterocycles. The summed E-state index contributed by atoms with van der Waals surface area (Å²) >= 11 is 0. The van der Waals surface area contributed by atoms with Gasteiger partial charge in [0.15, 0.2) is 0 Å². The molecule has 2 aliphatic heterocycles. The average Bonchev–Trinajstić information content (AvgIpc) is 3.40. The third kappa shape index (κ3) is 9.43. The number of carboxylic acids is 2. The molecule has 0 bridgehead atoms. The number of piperidine rings is 1. The minimum Gasteiger partial charge on any atom is -0.476 e. The summed E-state index contributed by atoms with van der Waals surface area (Å²) in [6.07, 6.45) is -1.30. The molecule has 0 atom stereocenters. The van der Waals surface area contributed by atoms with E-state index >= 15 is 0 Å². The highest BCUT2D eigenvalue weighted by Gasteiger charge is 2.45. The topological polar surface area (TPSA) is 137 Å². The number of halogens is 6. The third-order valence-corrected chi connectivity index (χ3v) is 9.12. The summed E-state index contributed by atoms with van der Waals surface area (Å²) in [4.78, 5) is 24.8. The van der Waals surface area contributed by atoms with Gasteiger partial charge in [-0.15, -0.1) is 0 Å². The van der Waals surface area contributed by atoms with Crippen LogP contribution in [0.15, 0.2) is 23.2 Å². The van der Waals surface area contributed by atoms with E-state index in [4.69, 9.17) is 24.5 Å². The van der Waals surface area contributed by atoms with Crippen molar-refractivity contribution in [3.05, 3.63) is 18.3 Å². The van der Waals surface area contributed by atoms with Crippen molar-refractivity contribution >= 4 is 22.0 Å². The Morgan fingerprint density at radius 3 is 1.95 bits per heavy atom. The standard InChI is InChI=1S/C20H31N3O3S.2C2HF3O2/c1-16(2)23-14-20(9-12-22(13-10-20)17-6-3-4-7-17)15-26-19-18(27(23,24)25)8-5-11-21-19;2*3-2(4,5)1(6)7/h5,8,11,16-17H,3-4,6-7,9-10,12-15H2,1-2H3;2*(H,6,7). The van der Waals surface area contributed by atoms with Gasteiger partial charge in [-0.3, -0.25) is 0 Å². The lowest BCUT2D eigenvalue weighted by atomic mass is 9.78. The lowest BCUT2D eigenvalue weighted by Crippen LogP contribution is -2.54. The Hall–Kier alpha value is -2.66. The molecule has 234 valence electrons. The maximum Gasteiger partial charge on any atom is 0.490 e. The number of hydrogen-bond donors (Lipinski definition) is 2. The Kier molecular flexibility index (Phi) is 11.4. The number of nitrogens with zero attached hydrogens (tertiary/aromatic N) is 3. The lowest BCUT2D eigenvalue weighted by Gasteiger charge is -2.46. The monoisotopic (exact) mass is 621 g/mol. The highest BCUT2D eigenvalue weighted by Crippen LogP contribution is 2.40. The van der Waals surface area contributed by atoms with Crippen LogP contribution in [0.25, 0.3) is 0 Å². The summed E-state index contributed by atoms with van der Waals surface area (Å²) in [6.45, 7) is 7.05. The first-order chi connectivity index (χ1) is 18.8. The molecule has 0 radical (unpaired) electrons. The molecule has 1 aromatic heterocycles. The smallest absolute Gasteiger partial charge is 0.476 e. The van der Waals surface area contributed by atoms with Crippen LogP contribution in [-0.4, -0.2) is 95.4 Å². The summed E-state index contributed by atoms with van der Waals surface area (Å²) in [5.41, 5.74) is -0.137. The molecule has 1 aromatic rings. The highest BCUT2D eigenvalue weighted by molar-refractivity contribution is 7.89. The first-order valence-corrected chi connectivity index (χ1v) is 14.2. The SMILES string of the molecule is CC(C)N1CC2(CCN(C3CCCC3)CC2)COc2ncccc2S1(=O)=O.O=C(O)C(F)(F)F.O=C(O)C(F)(F)F. The first-order valence-electron chi connectivity index (χ1n) is 12.7. The molecule has 3 aliphatic rings. The van der Waals surface area contributed by atoms with Gasteiger partial charge in [0.1, 0.15) is 4.90 Å². The average molecular weight is 622 g/mol. The molecule has 2 N–H and O–H groups in total. The number of sulfonamides is 1. The Bertz CT molecular complexity index is 1120. The molecule has 41 heavy (non-hydrogen) atoms. The molecule has 1 aliphatic carbocycles. The highest BCUT2D eigenvalue weighted by atomic mass is 32.2. The fourth-order valence-corrected chi connectivity index (χ4v) is 6.72. The van der Waals surface area contributed by atoms with Crippen LogP contribution in [0.3, 0.4) is 0 Å². The van der Waals surface area contributed by atoms with E-state index in [9.17, 15) is 34.8 Å². The number of carboxylic acid groups (broad SMARTS) is 2. The van der Waals surface area contributed by atoms with E-state index in [0.717, 1.165) is 32.0 Å². The number of alkyl halides is 6. The van der Waals surface area contributed by atoms with E-state index in [1.165, 1.54) is 25.7 Å². The van der Waals surface area contributed by atoms with Crippen LogP contribution in [0, 0.1) is 5.41 Å². The molecule has 1 spiro atoms. The molecule has 0 amide bonds. The number of aromatic nitrogens is 1. The van der Waals surface area contributed by atoms with Gasteiger partial charge in [0.25, 0.3) is 0 Å². The number of pyridine rings is 1. The minimum absolute atomic E-state index is 0.0918. The second kappa shape index (κ2) is 13.5. The van der Waals surface area contributed by atoms with Gasteiger partial charge in [0.2, 0.25) is 15.9 Å². The van der Waals surface area contributed by atoms with Crippen molar-refractivity contribution in [3.8, 4) is 5.88 Å². The first kappa shape index (κ1) is 34.5. The van der Waals surface area contributed by atoms with Crippen molar-refractivity contribution in [3.63, 3.8) is 0 Å². The molecule has 17 heteroatoms. The summed E-state index contributed by atoms with van der Waals surface area (Å²) in [7, 11) is -3.61. The number of aliphatic carboxylic acids is 2. The van der Waals surface area contributed by atoms with Crippen molar-refractivity contribution in [2.24, 2.45) is 5.41 Å². The summed E-state index contributed by atoms with van der Waals surface area (Å²) in [5.74, 6) is -5.26. The van der Waals surface area contributed by atoms with Gasteiger partial charge < -0.3 is 19.8 Å². The van der Waals surface area contributed by atoms with Gasteiger partial charge in [0.05, 0.1) is 6.61 Å². The zero-order valence-corrected chi connectivity index (χ0v) is 23.2. The van der Waals surface area contributed by atoms with Gasteiger partial charge in [0, 0.05) is 30.2 Å². The van der Waals surface area contributed by atoms with Crippen LogP contribution in [0.1, 0.15) is 52.4 Å². The predicted octanol–water partition coefficient (Wildman–Crippen LogP) is 4.16. The molecular formula is C24H33F6N3O7S. The largest absolute Gasteiger partial charge is 0.490 e. The number of rotatable bonds is 2. The Balaban J connectivity index is 0.000000349. The van der Waals surface area contributed by atoms with Crippen molar-refractivity contribution in [1.29, 1.82) is 0 Å². The maximum atomic E-state index is 13.3. The molecule has 1 saturated carbocycles. The van der Waals surface area contributed by atoms with Gasteiger partial charge in [-0.2, -0.15) is 30.6 Å². The van der Waals surface area contributed by atoms with Gasteiger partial charge in [-0.05, 0) is 64.8 Å². The molecule has 2 fully saturated rings. The summed E-state index contributed by atoms with van der Waals surface area (Å²) in [5, 5.41) is 14.2. The van der Waals surface area contributed by atoms with Gasteiger partial charge >= 0.3 is 24.3 Å². The van der Waals surface area contributed by atoms with E-state index in [2.05, 4.69) is 9.88 Å². The van der Waals surface area contributed by atoms with Crippen LogP contribution in [0.2, 0.25) is 0 Å². The molecule has 1 saturated heterocycles. The third-order valence-electron chi connectivity index (χ3n) is 7.09. The van der Waals surface area contributed by atoms with Crippen molar-refractivity contribution in [2.75, 3.05) is 26.2 Å². The van der Waals surface area contributed by atoms with Crippen LogP contribution in [0.4, 0.5) is 26.3 Å². The normalized spacial score (nSPS) is 21.3. The number of ether oxygens (including phenoxy) is 1. The second-order valence-corrected chi connectivity index (χ2v) is 12.2. The van der Waals surface area contributed by atoms with E-state index in [1.54, 1.807) is 22.6 Å². The quantitative estimate of drug-likeness (QED) is 0.467. The van der Waals surface area contributed by atoms with Crippen LogP contribution >= 0.6 is 0 Å². The van der Waals surface area contributed by atoms with Gasteiger partial charge in [-0.25, -0.2) is 23.0 Å². The maximum absolute atomic E-state index is 13.3. The Morgan fingerprint density at radius 2 is 1.51 bits per heavy atom. The van der Waals surface area contributed by atoms with Crippen LogP contribution < -0.4 is 4.74 Å². The molecule has 0 aromatic carbocycles. The fourth-order valence-electron chi connectivity index (χ4n) is 4.89. The number of fused-ring (bicyclic) bond motifs is 1. The predicted molar refractivity (Wildman–Crippen MR) is 132 cm³/mol. The number of likely N-dealkylation sites (tertiary alicyclic amines) is 1. The second-order valence-electron chi connectivity index (χ2n) is 10.3. The zero-order chi connectivity index (χ0) is 31.2. The van der Waals surface area contributed by atoms with Crippen molar-refractivity contribution < 1.29 is 59.3 Å². The minimum atomic E-state index is -5.08. The van der Waals surface area contributed by atoms with E-state index < -0.39 is 34.3 Å². The molecular weight excluding hydrogens is 588 g/mol. The van der Waals surface area contributed by atoms with Crippen molar-refractivity contribution in [2.45, 2.75) is 81.7 Å². The fraction of sp³-hybridized carbons (Fsp3) is 0.708. The van der Waals surface area contributed by atoms with E-state index in [1.807, 2.05) is 13.8 Å². The zero-order valence-electron chi connectivity index (χ0n) is 22.4. The molecule has 4 rings (SSSR count). The van der Waals surface area contributed by atoms with E-state index in [0.29, 0.717) is 13.2 Å². The Morgan fingerprint density at radius 1 is 1.02 bits per heavy atom. The summed E-state index contributed by atoms with van der Waals surface area (Å²) in [6, 6.07) is 3.90.